The fraction of sp³-hybridized carbons (Fsp3) is 0.0714. The number of halogens is 1. The molecule has 0 unspecified atom stereocenters. The number of hydrogen-bond donors (Lipinski definition) is 2. The number of carbonyl (C=O) groups excluding carboxylic acids is 1. The number of primary amides is 1. The zero-order valence-electron chi connectivity index (χ0n) is 10.1. The van der Waals surface area contributed by atoms with Crippen LogP contribution in [-0.2, 0) is 6.54 Å². The second-order valence-corrected chi connectivity index (χ2v) is 4.39. The molecule has 2 aromatic carbocycles. The van der Waals surface area contributed by atoms with E-state index in [1.54, 1.807) is 24.3 Å². The van der Waals surface area contributed by atoms with Crippen LogP contribution < -0.4 is 16.2 Å². The van der Waals surface area contributed by atoms with Crippen molar-refractivity contribution in [3.8, 4) is 11.5 Å². The van der Waals surface area contributed by atoms with Crippen molar-refractivity contribution in [2.24, 2.45) is 11.5 Å². The van der Waals surface area contributed by atoms with Gasteiger partial charge in [0, 0.05) is 17.6 Å². The van der Waals surface area contributed by atoms with Crippen LogP contribution in [0.15, 0.2) is 42.5 Å². The molecule has 2 aromatic rings. The summed E-state index contributed by atoms with van der Waals surface area (Å²) in [4.78, 5) is 11.3. The van der Waals surface area contributed by atoms with Crippen LogP contribution in [0.2, 0.25) is 5.02 Å². The number of nitrogens with two attached hydrogens (primary N) is 2. The quantitative estimate of drug-likeness (QED) is 0.901. The maximum Gasteiger partial charge on any atom is 0.252 e. The van der Waals surface area contributed by atoms with E-state index < -0.39 is 5.91 Å². The third-order valence-electron chi connectivity index (χ3n) is 2.57. The normalized spacial score (nSPS) is 10.2. The lowest BCUT2D eigenvalue weighted by Gasteiger charge is -2.10. The lowest BCUT2D eigenvalue weighted by atomic mass is 10.2. The zero-order valence-corrected chi connectivity index (χ0v) is 10.9. The number of hydrogen-bond acceptors (Lipinski definition) is 3. The second kappa shape index (κ2) is 5.73. The molecule has 0 bridgehead atoms. The molecule has 0 fully saturated rings. The predicted octanol–water partition coefficient (Wildman–Crippen LogP) is 2.69. The Bertz CT molecular complexity index is 614. The highest BCUT2D eigenvalue weighted by Crippen LogP contribution is 2.28. The predicted molar refractivity (Wildman–Crippen MR) is 74.4 cm³/mol. The van der Waals surface area contributed by atoms with E-state index in [9.17, 15) is 4.79 Å². The minimum absolute atomic E-state index is 0.280. The Balaban J connectivity index is 2.36. The Hall–Kier alpha value is -2.04. The van der Waals surface area contributed by atoms with Gasteiger partial charge in [0.2, 0.25) is 0 Å². The summed E-state index contributed by atoms with van der Waals surface area (Å²) < 4.78 is 5.65. The first-order valence-electron chi connectivity index (χ1n) is 5.66. The first kappa shape index (κ1) is 13.4. The van der Waals surface area contributed by atoms with Crippen molar-refractivity contribution in [1.29, 1.82) is 0 Å². The number of ether oxygens (including phenoxy) is 1. The van der Waals surface area contributed by atoms with Crippen molar-refractivity contribution in [1.82, 2.24) is 0 Å². The van der Waals surface area contributed by atoms with Gasteiger partial charge in [-0.05, 0) is 29.8 Å². The summed E-state index contributed by atoms with van der Waals surface area (Å²) in [6.45, 7) is 0.412. The molecule has 0 aliphatic rings. The molecule has 0 saturated heterocycles. The average molecular weight is 277 g/mol. The molecular formula is C14H13ClN2O2. The average Bonchev–Trinajstić information content (AvgIpc) is 2.38. The van der Waals surface area contributed by atoms with E-state index in [4.69, 9.17) is 27.8 Å². The molecule has 4 nitrogen and oxygen atoms in total. The standard InChI is InChI=1S/C14H13ClN2O2/c15-10-4-5-12(14(17)18)13(7-10)19-11-3-1-2-9(6-11)8-16/h1-7H,8,16H2,(H2,17,18). The van der Waals surface area contributed by atoms with Gasteiger partial charge in [-0.2, -0.15) is 0 Å². The molecule has 0 spiro atoms. The van der Waals surface area contributed by atoms with Crippen LogP contribution in [0.1, 0.15) is 15.9 Å². The van der Waals surface area contributed by atoms with Gasteiger partial charge in [-0.1, -0.05) is 23.7 Å². The highest BCUT2D eigenvalue weighted by Gasteiger charge is 2.11. The van der Waals surface area contributed by atoms with Crippen LogP contribution >= 0.6 is 11.6 Å². The maximum absolute atomic E-state index is 11.3. The number of amides is 1. The first-order chi connectivity index (χ1) is 9.10. The van der Waals surface area contributed by atoms with Crippen LogP contribution in [0.5, 0.6) is 11.5 Å². The van der Waals surface area contributed by atoms with Crippen LogP contribution in [0.4, 0.5) is 0 Å². The van der Waals surface area contributed by atoms with Gasteiger partial charge in [0.25, 0.3) is 5.91 Å². The fourth-order valence-corrected chi connectivity index (χ4v) is 1.81. The Labute approximate surface area is 115 Å². The van der Waals surface area contributed by atoms with Crippen molar-refractivity contribution in [3.05, 3.63) is 58.6 Å². The summed E-state index contributed by atoms with van der Waals surface area (Å²) in [5.41, 5.74) is 12.1. The summed E-state index contributed by atoms with van der Waals surface area (Å²) in [7, 11) is 0. The minimum Gasteiger partial charge on any atom is -0.456 e. The Morgan fingerprint density at radius 2 is 2.00 bits per heavy atom. The topological polar surface area (TPSA) is 78.3 Å². The monoisotopic (exact) mass is 276 g/mol. The van der Waals surface area contributed by atoms with Gasteiger partial charge in [-0.25, -0.2) is 0 Å². The maximum atomic E-state index is 11.3. The molecule has 2 rings (SSSR count). The molecule has 0 aromatic heterocycles. The Morgan fingerprint density at radius 3 is 2.68 bits per heavy atom. The van der Waals surface area contributed by atoms with E-state index in [1.807, 2.05) is 12.1 Å². The third kappa shape index (κ3) is 3.24. The van der Waals surface area contributed by atoms with E-state index in [1.165, 1.54) is 6.07 Å². The van der Waals surface area contributed by atoms with Gasteiger partial charge < -0.3 is 16.2 Å². The molecule has 0 heterocycles. The number of benzene rings is 2. The lowest BCUT2D eigenvalue weighted by Crippen LogP contribution is -2.12. The van der Waals surface area contributed by atoms with Crippen LogP contribution in [0, 0.1) is 0 Å². The summed E-state index contributed by atoms with van der Waals surface area (Å²) in [6, 6.07) is 12.0. The Morgan fingerprint density at radius 1 is 1.21 bits per heavy atom. The van der Waals surface area contributed by atoms with Gasteiger partial charge in [-0.15, -0.1) is 0 Å². The summed E-state index contributed by atoms with van der Waals surface area (Å²) >= 11 is 5.89. The fourth-order valence-electron chi connectivity index (χ4n) is 1.65. The molecule has 1 amide bonds. The summed E-state index contributed by atoms with van der Waals surface area (Å²) in [5, 5.41) is 0.468. The zero-order chi connectivity index (χ0) is 13.8. The largest absolute Gasteiger partial charge is 0.456 e. The molecule has 0 atom stereocenters. The van der Waals surface area contributed by atoms with Crippen molar-refractivity contribution in [3.63, 3.8) is 0 Å². The van der Waals surface area contributed by atoms with Crippen molar-refractivity contribution < 1.29 is 9.53 Å². The highest BCUT2D eigenvalue weighted by atomic mass is 35.5. The van der Waals surface area contributed by atoms with Crippen molar-refractivity contribution in [2.45, 2.75) is 6.54 Å². The van der Waals surface area contributed by atoms with Crippen LogP contribution in [0.25, 0.3) is 0 Å². The van der Waals surface area contributed by atoms with Gasteiger partial charge in [0.15, 0.2) is 0 Å². The minimum atomic E-state index is -0.568. The van der Waals surface area contributed by atoms with Crippen molar-refractivity contribution in [2.75, 3.05) is 0 Å². The molecule has 19 heavy (non-hydrogen) atoms. The van der Waals surface area contributed by atoms with E-state index in [0.717, 1.165) is 5.56 Å². The summed E-state index contributed by atoms with van der Waals surface area (Å²) in [5.74, 6) is 0.337. The van der Waals surface area contributed by atoms with Crippen LogP contribution in [0.3, 0.4) is 0 Å². The molecular weight excluding hydrogens is 264 g/mol. The Kier molecular flexibility index (Phi) is 4.04. The molecule has 98 valence electrons. The SMILES string of the molecule is NCc1cccc(Oc2cc(Cl)ccc2C(N)=O)c1. The van der Waals surface area contributed by atoms with E-state index in [0.29, 0.717) is 23.1 Å². The van der Waals surface area contributed by atoms with Gasteiger partial charge >= 0.3 is 0 Å². The number of rotatable bonds is 4. The molecule has 0 aliphatic heterocycles. The summed E-state index contributed by atoms with van der Waals surface area (Å²) in [6.07, 6.45) is 0. The molecule has 5 heteroatoms. The van der Waals surface area contributed by atoms with Gasteiger partial charge in [0.1, 0.15) is 11.5 Å². The molecule has 0 saturated carbocycles. The van der Waals surface area contributed by atoms with Gasteiger partial charge in [-0.3, -0.25) is 4.79 Å². The number of carbonyl (C=O) groups is 1. The second-order valence-electron chi connectivity index (χ2n) is 3.96. The molecule has 0 radical (unpaired) electrons. The van der Waals surface area contributed by atoms with Crippen LogP contribution in [-0.4, -0.2) is 5.91 Å². The van der Waals surface area contributed by atoms with E-state index in [2.05, 4.69) is 0 Å². The van der Waals surface area contributed by atoms with Crippen molar-refractivity contribution >= 4 is 17.5 Å². The van der Waals surface area contributed by atoms with Gasteiger partial charge in [0.05, 0.1) is 5.56 Å². The smallest absolute Gasteiger partial charge is 0.252 e. The first-order valence-corrected chi connectivity index (χ1v) is 6.04. The molecule has 0 aliphatic carbocycles. The van der Waals surface area contributed by atoms with E-state index >= 15 is 0 Å². The highest BCUT2D eigenvalue weighted by molar-refractivity contribution is 6.30. The molecule has 4 N–H and O–H groups in total. The third-order valence-corrected chi connectivity index (χ3v) is 2.81. The van der Waals surface area contributed by atoms with E-state index in [-0.39, 0.29) is 5.56 Å². The lowest BCUT2D eigenvalue weighted by molar-refractivity contribution is 0.0998.